The number of rotatable bonds is 1. The smallest absolute Gasteiger partial charge is 0.307 e. The van der Waals surface area contributed by atoms with Gasteiger partial charge in [0.25, 0.3) is 0 Å². The summed E-state index contributed by atoms with van der Waals surface area (Å²) in [5.74, 6) is 0. The van der Waals surface area contributed by atoms with Crippen LogP contribution in [0.1, 0.15) is 0 Å². The fraction of sp³-hybridized carbons (Fsp3) is 0. The van der Waals surface area contributed by atoms with E-state index < -0.39 is 0 Å². The van der Waals surface area contributed by atoms with Crippen molar-refractivity contribution in [2.45, 2.75) is 0 Å². The third-order valence-corrected chi connectivity index (χ3v) is 7.60. The van der Waals surface area contributed by atoms with Crippen molar-refractivity contribution in [2.75, 3.05) is 0 Å². The summed E-state index contributed by atoms with van der Waals surface area (Å²) in [6.45, 7) is 0. The van der Waals surface area contributed by atoms with Crippen LogP contribution in [0.3, 0.4) is 0 Å². The second-order valence-electron chi connectivity index (χ2n) is 9.61. The third kappa shape index (κ3) is 2.49. The molecule has 0 radical (unpaired) electrons. The number of fused-ring (bicyclic) bond motifs is 11. The maximum atomic E-state index is 6.49. The van der Waals surface area contributed by atoms with Gasteiger partial charge in [-0.1, -0.05) is 72.8 Å². The van der Waals surface area contributed by atoms with Crippen LogP contribution in [-0.2, 0) is 0 Å². The fourth-order valence-electron chi connectivity index (χ4n) is 5.96. The Morgan fingerprint density at radius 3 is 2.11 bits per heavy atom. The van der Waals surface area contributed by atoms with Crippen LogP contribution in [0.2, 0.25) is 0 Å². The second kappa shape index (κ2) is 6.77. The first kappa shape index (κ1) is 19.1. The lowest BCUT2D eigenvalue weighted by atomic mass is 10.0. The van der Waals surface area contributed by atoms with Gasteiger partial charge in [0.15, 0.2) is 5.58 Å². The normalized spacial score (nSPS) is 12.3. The summed E-state index contributed by atoms with van der Waals surface area (Å²) in [4.78, 5) is 5.10. The molecule has 0 N–H and O–H groups in total. The predicted molar refractivity (Wildman–Crippen MR) is 151 cm³/mol. The summed E-state index contributed by atoms with van der Waals surface area (Å²) in [6.07, 6.45) is 0. The van der Waals surface area contributed by atoms with Crippen LogP contribution in [0, 0.1) is 0 Å². The van der Waals surface area contributed by atoms with Gasteiger partial charge in [-0.05, 0) is 57.9 Å². The number of oxazole rings is 1. The Kier molecular flexibility index (Phi) is 3.50. The lowest BCUT2D eigenvalue weighted by Gasteiger charge is -2.03. The molecule has 0 aliphatic rings. The zero-order chi connectivity index (χ0) is 24.1. The Hall–Kier alpha value is -5.09. The summed E-state index contributed by atoms with van der Waals surface area (Å²) >= 11 is 0. The molecule has 4 heteroatoms. The minimum Gasteiger partial charge on any atom is -0.456 e. The molecule has 9 aromatic rings. The SMILES string of the molecule is c1ccc2cc3c(cc2c1)c1c2ccccc2ccc1n3-c1nc2c(ccc3oc4ccccc4c32)o1. The average molecular weight is 475 g/mol. The van der Waals surface area contributed by atoms with Gasteiger partial charge in [-0.3, -0.25) is 4.57 Å². The van der Waals surface area contributed by atoms with Crippen LogP contribution in [0.25, 0.3) is 82.4 Å². The summed E-state index contributed by atoms with van der Waals surface area (Å²) in [7, 11) is 0. The maximum absolute atomic E-state index is 6.49. The molecule has 0 saturated heterocycles. The average Bonchev–Trinajstić information content (AvgIpc) is 3.62. The second-order valence-corrected chi connectivity index (χ2v) is 9.61. The van der Waals surface area contributed by atoms with Crippen molar-refractivity contribution in [2.24, 2.45) is 0 Å². The summed E-state index contributed by atoms with van der Waals surface area (Å²) in [6, 6.07) is 38.5. The van der Waals surface area contributed by atoms with Gasteiger partial charge in [0.05, 0.1) is 16.4 Å². The van der Waals surface area contributed by atoms with Crippen molar-refractivity contribution in [3.05, 3.63) is 109 Å². The largest absolute Gasteiger partial charge is 0.456 e. The van der Waals surface area contributed by atoms with Gasteiger partial charge >= 0.3 is 6.01 Å². The van der Waals surface area contributed by atoms with E-state index in [1.165, 1.54) is 32.3 Å². The number of para-hydroxylation sites is 1. The Morgan fingerprint density at radius 2 is 1.22 bits per heavy atom. The van der Waals surface area contributed by atoms with Gasteiger partial charge in [-0.2, -0.15) is 4.98 Å². The Bertz CT molecular complexity index is 2370. The molecule has 37 heavy (non-hydrogen) atoms. The maximum Gasteiger partial charge on any atom is 0.307 e. The molecular formula is C33H18N2O2. The topological polar surface area (TPSA) is 44.1 Å². The quantitative estimate of drug-likeness (QED) is 0.238. The van der Waals surface area contributed by atoms with E-state index in [4.69, 9.17) is 13.8 Å². The van der Waals surface area contributed by atoms with Crippen molar-refractivity contribution >= 4 is 76.4 Å². The molecule has 9 rings (SSSR count). The monoisotopic (exact) mass is 474 g/mol. The molecule has 0 saturated carbocycles. The van der Waals surface area contributed by atoms with Gasteiger partial charge < -0.3 is 8.83 Å². The van der Waals surface area contributed by atoms with E-state index >= 15 is 0 Å². The zero-order valence-corrected chi connectivity index (χ0v) is 19.6. The molecule has 0 spiro atoms. The number of nitrogens with zero attached hydrogens (tertiary/aromatic N) is 2. The molecule has 0 unspecified atom stereocenters. The molecule has 172 valence electrons. The van der Waals surface area contributed by atoms with Gasteiger partial charge in [0.1, 0.15) is 16.7 Å². The van der Waals surface area contributed by atoms with E-state index in [-0.39, 0.29) is 0 Å². The van der Waals surface area contributed by atoms with Crippen LogP contribution in [0.4, 0.5) is 0 Å². The van der Waals surface area contributed by atoms with Gasteiger partial charge in [0, 0.05) is 16.2 Å². The molecule has 0 bridgehead atoms. The molecule has 3 aromatic heterocycles. The molecule has 0 aliphatic heterocycles. The van der Waals surface area contributed by atoms with E-state index in [0.29, 0.717) is 6.01 Å². The minimum absolute atomic E-state index is 0.554. The summed E-state index contributed by atoms with van der Waals surface area (Å²) in [5, 5.41) is 9.26. The first-order chi connectivity index (χ1) is 18.3. The van der Waals surface area contributed by atoms with E-state index in [1.54, 1.807) is 0 Å². The number of aromatic nitrogens is 2. The summed E-state index contributed by atoms with van der Waals surface area (Å²) in [5.41, 5.74) is 5.37. The number of benzene rings is 6. The third-order valence-electron chi connectivity index (χ3n) is 7.60. The zero-order valence-electron chi connectivity index (χ0n) is 19.6. The minimum atomic E-state index is 0.554. The summed E-state index contributed by atoms with van der Waals surface area (Å²) < 4.78 is 14.8. The van der Waals surface area contributed by atoms with Crippen molar-refractivity contribution in [3.8, 4) is 6.01 Å². The Labute approximate surface area is 209 Å². The van der Waals surface area contributed by atoms with Crippen LogP contribution in [-0.4, -0.2) is 9.55 Å². The molecule has 0 aliphatic carbocycles. The highest BCUT2D eigenvalue weighted by Gasteiger charge is 2.21. The number of hydrogen-bond donors (Lipinski definition) is 0. The molecule has 3 heterocycles. The van der Waals surface area contributed by atoms with Gasteiger partial charge in [-0.15, -0.1) is 0 Å². The van der Waals surface area contributed by atoms with Crippen molar-refractivity contribution in [1.29, 1.82) is 0 Å². The van der Waals surface area contributed by atoms with E-state index in [1.807, 2.05) is 30.3 Å². The lowest BCUT2D eigenvalue weighted by Crippen LogP contribution is -1.93. The molecule has 0 amide bonds. The first-order valence-electron chi connectivity index (χ1n) is 12.4. The van der Waals surface area contributed by atoms with Gasteiger partial charge in [-0.25, -0.2) is 0 Å². The highest BCUT2D eigenvalue weighted by molar-refractivity contribution is 6.23. The molecule has 4 nitrogen and oxygen atoms in total. The van der Waals surface area contributed by atoms with Crippen molar-refractivity contribution in [3.63, 3.8) is 0 Å². The number of furan rings is 1. The van der Waals surface area contributed by atoms with Crippen molar-refractivity contribution < 1.29 is 8.83 Å². The van der Waals surface area contributed by atoms with Crippen molar-refractivity contribution in [1.82, 2.24) is 9.55 Å². The van der Waals surface area contributed by atoms with Crippen LogP contribution < -0.4 is 0 Å². The predicted octanol–water partition coefficient (Wildman–Crippen LogP) is 9.13. The standard InChI is InChI=1S/C33H18N2O2/c1-2-9-21-18-26-24(17-20(21)8-1)30-22-10-4-3-7-19(22)13-14-25(30)35(26)33-34-32-29(37-33)16-15-28-31(32)23-11-5-6-12-27(23)36-28/h1-18H. The Balaban J connectivity index is 1.46. The number of hydrogen-bond acceptors (Lipinski definition) is 3. The van der Waals surface area contributed by atoms with Crippen LogP contribution in [0.5, 0.6) is 0 Å². The molecular weight excluding hydrogens is 456 g/mol. The highest BCUT2D eigenvalue weighted by atomic mass is 16.4. The van der Waals surface area contributed by atoms with E-state index in [2.05, 4.69) is 83.4 Å². The molecule has 6 aromatic carbocycles. The van der Waals surface area contributed by atoms with E-state index in [0.717, 1.165) is 44.1 Å². The molecule has 0 atom stereocenters. The van der Waals surface area contributed by atoms with E-state index in [9.17, 15) is 0 Å². The van der Waals surface area contributed by atoms with Gasteiger partial charge in [0.2, 0.25) is 0 Å². The van der Waals surface area contributed by atoms with Crippen LogP contribution in [0.15, 0.2) is 118 Å². The lowest BCUT2D eigenvalue weighted by molar-refractivity contribution is 0.574. The Morgan fingerprint density at radius 1 is 0.486 bits per heavy atom. The highest BCUT2D eigenvalue weighted by Crippen LogP contribution is 2.40. The molecule has 0 fully saturated rings. The first-order valence-corrected chi connectivity index (χ1v) is 12.4. The fourth-order valence-corrected chi connectivity index (χ4v) is 5.96. The van der Waals surface area contributed by atoms with Crippen LogP contribution >= 0.6 is 0 Å².